The summed E-state index contributed by atoms with van der Waals surface area (Å²) in [6, 6.07) is 5.91. The molecule has 2 N–H and O–H groups in total. The van der Waals surface area contributed by atoms with Crippen molar-refractivity contribution in [2.45, 2.75) is 50.9 Å². The van der Waals surface area contributed by atoms with Crippen LogP contribution in [0.3, 0.4) is 0 Å². The number of carbonyl (C=O) groups excluding carboxylic acids is 1. The van der Waals surface area contributed by atoms with E-state index >= 15 is 0 Å². The van der Waals surface area contributed by atoms with Gasteiger partial charge in [0.1, 0.15) is 18.0 Å². The van der Waals surface area contributed by atoms with Crippen LogP contribution in [0.4, 0.5) is 4.39 Å². The van der Waals surface area contributed by atoms with Crippen molar-refractivity contribution in [3.63, 3.8) is 0 Å². The lowest BCUT2D eigenvalue weighted by molar-refractivity contribution is -0.159. The van der Waals surface area contributed by atoms with Crippen molar-refractivity contribution in [3.8, 4) is 0 Å². The number of halogens is 1. The largest absolute Gasteiger partial charge is 0.459 e. The highest BCUT2D eigenvalue weighted by atomic mass is 19.1. The Morgan fingerprint density at radius 1 is 1.38 bits per heavy atom. The van der Waals surface area contributed by atoms with Crippen LogP contribution in [0.1, 0.15) is 31.7 Å². The smallest absolute Gasteiger partial charge is 0.323 e. The van der Waals surface area contributed by atoms with Gasteiger partial charge in [-0.25, -0.2) is 4.39 Å². The molecule has 1 aromatic rings. The molecular weight excluding hydrogens is 309 g/mol. The molecule has 1 aliphatic rings. The zero-order valence-corrected chi connectivity index (χ0v) is 14.1. The molecule has 0 amide bonds. The van der Waals surface area contributed by atoms with Crippen molar-refractivity contribution in [2.75, 3.05) is 6.61 Å². The number of benzene rings is 1. The standard InChI is InChI=1S/C19H26FNO3/c1-3-11-23-18-13(2)24-19(22)17(21)6-4-5-15(18)12-14-7-9-16(20)10-8-14/h3,7-10,13,15,17-18H,1,4-6,11-12,21H2,2H3/t13-,15+,17-,18-/m0/s1. The van der Waals surface area contributed by atoms with E-state index in [1.165, 1.54) is 12.1 Å². The maximum Gasteiger partial charge on any atom is 0.323 e. The summed E-state index contributed by atoms with van der Waals surface area (Å²) in [4.78, 5) is 12.0. The minimum atomic E-state index is -0.586. The van der Waals surface area contributed by atoms with Gasteiger partial charge in [0, 0.05) is 0 Å². The molecule has 2 rings (SSSR count). The molecule has 4 nitrogen and oxygen atoms in total. The molecule has 0 aliphatic carbocycles. The number of esters is 1. The first-order chi connectivity index (χ1) is 11.5. The van der Waals surface area contributed by atoms with E-state index in [9.17, 15) is 9.18 Å². The number of ether oxygens (including phenoxy) is 2. The zero-order chi connectivity index (χ0) is 17.5. The van der Waals surface area contributed by atoms with Crippen molar-refractivity contribution in [2.24, 2.45) is 11.7 Å². The summed E-state index contributed by atoms with van der Waals surface area (Å²) in [5.74, 6) is -0.471. The third-order valence-electron chi connectivity index (χ3n) is 4.44. The summed E-state index contributed by atoms with van der Waals surface area (Å²) in [6.45, 7) is 5.90. The van der Waals surface area contributed by atoms with Crippen LogP contribution in [-0.4, -0.2) is 30.8 Å². The van der Waals surface area contributed by atoms with Crippen LogP contribution < -0.4 is 5.73 Å². The summed E-state index contributed by atoms with van der Waals surface area (Å²) in [5.41, 5.74) is 6.90. The first-order valence-corrected chi connectivity index (χ1v) is 8.44. The number of hydrogen-bond donors (Lipinski definition) is 1. The van der Waals surface area contributed by atoms with Crippen LogP contribution in [0, 0.1) is 11.7 Å². The van der Waals surface area contributed by atoms with Crippen LogP contribution in [0.5, 0.6) is 0 Å². The molecule has 1 heterocycles. The van der Waals surface area contributed by atoms with Crippen molar-refractivity contribution in [1.29, 1.82) is 0 Å². The Bertz CT molecular complexity index is 546. The molecule has 0 aromatic heterocycles. The third kappa shape index (κ3) is 5.14. The zero-order valence-electron chi connectivity index (χ0n) is 14.1. The highest BCUT2D eigenvalue weighted by Crippen LogP contribution is 2.27. The highest BCUT2D eigenvalue weighted by molar-refractivity contribution is 5.75. The second kappa shape index (κ2) is 8.94. The second-order valence-corrected chi connectivity index (χ2v) is 6.36. The van der Waals surface area contributed by atoms with E-state index in [0.717, 1.165) is 24.8 Å². The van der Waals surface area contributed by atoms with Gasteiger partial charge in [-0.15, -0.1) is 6.58 Å². The molecule has 132 valence electrons. The fourth-order valence-electron chi connectivity index (χ4n) is 3.20. The lowest BCUT2D eigenvalue weighted by Gasteiger charge is -2.31. The van der Waals surface area contributed by atoms with Gasteiger partial charge in [0.15, 0.2) is 0 Å². The van der Waals surface area contributed by atoms with Gasteiger partial charge in [0.05, 0.1) is 12.7 Å². The van der Waals surface area contributed by atoms with Crippen molar-refractivity contribution < 1.29 is 18.7 Å². The molecule has 1 fully saturated rings. The van der Waals surface area contributed by atoms with E-state index < -0.39 is 12.1 Å². The van der Waals surface area contributed by atoms with E-state index in [1.54, 1.807) is 18.2 Å². The predicted octanol–water partition coefficient (Wildman–Crippen LogP) is 3.00. The molecule has 0 unspecified atom stereocenters. The van der Waals surface area contributed by atoms with Crippen molar-refractivity contribution >= 4 is 5.97 Å². The maximum atomic E-state index is 13.1. The van der Waals surface area contributed by atoms with Gasteiger partial charge in [-0.2, -0.15) is 0 Å². The number of hydrogen-bond acceptors (Lipinski definition) is 4. The molecule has 1 aliphatic heterocycles. The van der Waals surface area contributed by atoms with Crippen LogP contribution in [-0.2, 0) is 20.7 Å². The number of rotatable bonds is 5. The molecule has 1 aromatic carbocycles. The van der Waals surface area contributed by atoms with E-state index in [4.69, 9.17) is 15.2 Å². The molecular formula is C19H26FNO3. The summed E-state index contributed by atoms with van der Waals surface area (Å²) >= 11 is 0. The summed E-state index contributed by atoms with van der Waals surface area (Å²) in [7, 11) is 0. The molecule has 0 spiro atoms. The molecule has 24 heavy (non-hydrogen) atoms. The SMILES string of the molecule is C=CCO[C@@H]1[C@@H](Cc2ccc(F)cc2)CCC[C@H](N)C(=O)O[C@H]1C. The van der Waals surface area contributed by atoms with Gasteiger partial charge in [0.2, 0.25) is 0 Å². The number of cyclic esters (lactones) is 1. The van der Waals surface area contributed by atoms with Gasteiger partial charge in [-0.3, -0.25) is 4.79 Å². The fourth-order valence-corrected chi connectivity index (χ4v) is 3.20. The van der Waals surface area contributed by atoms with Crippen molar-refractivity contribution in [1.82, 2.24) is 0 Å². The Kier molecular flexibility index (Phi) is 6.94. The van der Waals surface area contributed by atoms with Gasteiger partial charge in [-0.1, -0.05) is 24.6 Å². The molecule has 0 radical (unpaired) electrons. The Balaban J connectivity index is 2.18. The Morgan fingerprint density at radius 2 is 2.08 bits per heavy atom. The highest BCUT2D eigenvalue weighted by Gasteiger charge is 2.33. The second-order valence-electron chi connectivity index (χ2n) is 6.36. The van der Waals surface area contributed by atoms with E-state index in [1.807, 2.05) is 6.92 Å². The molecule has 5 heteroatoms. The van der Waals surface area contributed by atoms with Crippen LogP contribution in [0.25, 0.3) is 0 Å². The lowest BCUT2D eigenvalue weighted by Crippen LogP contribution is -2.40. The fraction of sp³-hybridized carbons (Fsp3) is 0.526. The Hall–Kier alpha value is -1.72. The molecule has 0 saturated carbocycles. The minimum absolute atomic E-state index is 0.156. The van der Waals surface area contributed by atoms with Crippen LogP contribution >= 0.6 is 0 Å². The van der Waals surface area contributed by atoms with Gasteiger partial charge >= 0.3 is 5.97 Å². The van der Waals surface area contributed by atoms with Gasteiger partial charge < -0.3 is 15.2 Å². The summed E-state index contributed by atoms with van der Waals surface area (Å²) < 4.78 is 24.5. The quantitative estimate of drug-likeness (QED) is 0.664. The summed E-state index contributed by atoms with van der Waals surface area (Å²) in [5, 5.41) is 0. The number of carbonyl (C=O) groups is 1. The predicted molar refractivity (Wildman–Crippen MR) is 90.9 cm³/mol. The maximum absolute atomic E-state index is 13.1. The third-order valence-corrected chi connectivity index (χ3v) is 4.44. The van der Waals surface area contributed by atoms with Gasteiger partial charge in [0.25, 0.3) is 0 Å². The van der Waals surface area contributed by atoms with E-state index in [-0.39, 0.29) is 23.8 Å². The monoisotopic (exact) mass is 335 g/mol. The van der Waals surface area contributed by atoms with Crippen molar-refractivity contribution in [3.05, 3.63) is 48.3 Å². The average Bonchev–Trinajstić information content (AvgIpc) is 2.60. The van der Waals surface area contributed by atoms with Crippen LogP contribution in [0.15, 0.2) is 36.9 Å². The number of nitrogens with two attached hydrogens (primary N) is 1. The summed E-state index contributed by atoms with van der Waals surface area (Å²) in [6.07, 6.45) is 4.06. The minimum Gasteiger partial charge on any atom is -0.459 e. The van der Waals surface area contributed by atoms with E-state index in [0.29, 0.717) is 13.0 Å². The lowest BCUT2D eigenvalue weighted by atomic mass is 9.87. The van der Waals surface area contributed by atoms with E-state index in [2.05, 4.69) is 6.58 Å². The first-order valence-electron chi connectivity index (χ1n) is 8.44. The average molecular weight is 335 g/mol. The molecule has 4 atom stereocenters. The topological polar surface area (TPSA) is 61.5 Å². The Labute approximate surface area is 142 Å². The normalized spacial score (nSPS) is 28.4. The molecule has 1 saturated heterocycles. The first kappa shape index (κ1) is 18.6. The Morgan fingerprint density at radius 3 is 2.75 bits per heavy atom. The van der Waals surface area contributed by atoms with Gasteiger partial charge in [-0.05, 0) is 49.8 Å². The van der Waals surface area contributed by atoms with Crippen LogP contribution in [0.2, 0.25) is 0 Å². The molecule has 0 bridgehead atoms.